The first kappa shape index (κ1) is 20.5. The summed E-state index contributed by atoms with van der Waals surface area (Å²) >= 11 is 5.96. The van der Waals surface area contributed by atoms with E-state index in [4.69, 9.17) is 16.3 Å². The molecule has 0 aromatic heterocycles. The number of guanidine groups is 1. The van der Waals surface area contributed by atoms with E-state index in [1.807, 2.05) is 12.1 Å². The van der Waals surface area contributed by atoms with Crippen molar-refractivity contribution in [1.82, 2.24) is 10.6 Å². The molecule has 0 aliphatic carbocycles. The highest BCUT2D eigenvalue weighted by atomic mass is 127. The minimum absolute atomic E-state index is 0. The fourth-order valence-corrected chi connectivity index (χ4v) is 2.67. The molecule has 1 aliphatic rings. The van der Waals surface area contributed by atoms with E-state index in [1.165, 1.54) is 5.56 Å². The van der Waals surface area contributed by atoms with Crippen molar-refractivity contribution in [3.8, 4) is 0 Å². The van der Waals surface area contributed by atoms with E-state index in [0.717, 1.165) is 43.5 Å². The lowest BCUT2D eigenvalue weighted by atomic mass is 9.85. The number of hydrogen-bond donors (Lipinski definition) is 2. The van der Waals surface area contributed by atoms with Crippen LogP contribution < -0.4 is 10.6 Å². The Balaban J connectivity index is 0.00000264. The first-order valence-electron chi connectivity index (χ1n) is 7.83. The van der Waals surface area contributed by atoms with E-state index in [-0.39, 0.29) is 29.4 Å². The standard InChI is InChI=1S/C17H26ClN3O.HI/c1-17(2,13-6-8-14(18)9-7-13)12-21-16(19-3)20-11-15-5-4-10-22-15;/h6-9,15H,4-5,10-12H2,1-3H3,(H2,19,20,21);1H. The van der Waals surface area contributed by atoms with Gasteiger partial charge in [-0.05, 0) is 30.5 Å². The van der Waals surface area contributed by atoms with Crippen LogP contribution in [0.3, 0.4) is 0 Å². The average Bonchev–Trinajstić information content (AvgIpc) is 3.01. The average molecular weight is 452 g/mol. The number of nitrogens with zero attached hydrogens (tertiary/aromatic N) is 1. The summed E-state index contributed by atoms with van der Waals surface area (Å²) in [6.07, 6.45) is 2.59. The smallest absolute Gasteiger partial charge is 0.191 e. The number of halogens is 2. The van der Waals surface area contributed by atoms with Crippen LogP contribution in [0.1, 0.15) is 32.3 Å². The molecular weight excluding hydrogens is 425 g/mol. The van der Waals surface area contributed by atoms with Gasteiger partial charge in [0.15, 0.2) is 5.96 Å². The highest BCUT2D eigenvalue weighted by molar-refractivity contribution is 14.0. The minimum atomic E-state index is -0.00787. The Morgan fingerprint density at radius 2 is 2.00 bits per heavy atom. The van der Waals surface area contributed by atoms with Crippen LogP contribution in [0.25, 0.3) is 0 Å². The van der Waals surface area contributed by atoms with Crippen LogP contribution in [0, 0.1) is 0 Å². The maximum absolute atomic E-state index is 5.96. The summed E-state index contributed by atoms with van der Waals surface area (Å²) in [5.41, 5.74) is 1.24. The van der Waals surface area contributed by atoms with Crippen LogP contribution in [0.15, 0.2) is 29.3 Å². The van der Waals surface area contributed by atoms with Crippen molar-refractivity contribution >= 4 is 41.5 Å². The Morgan fingerprint density at radius 1 is 1.30 bits per heavy atom. The molecule has 2 rings (SSSR count). The molecule has 0 radical (unpaired) electrons. The molecule has 1 aromatic rings. The molecule has 1 aromatic carbocycles. The summed E-state index contributed by atoms with van der Waals surface area (Å²) in [6, 6.07) is 8.02. The van der Waals surface area contributed by atoms with Gasteiger partial charge in [-0.15, -0.1) is 24.0 Å². The second kappa shape index (κ2) is 9.69. The Hall–Kier alpha value is -0.530. The molecule has 0 spiro atoms. The van der Waals surface area contributed by atoms with Gasteiger partial charge in [-0.2, -0.15) is 0 Å². The minimum Gasteiger partial charge on any atom is -0.376 e. The molecule has 130 valence electrons. The number of benzene rings is 1. The lowest BCUT2D eigenvalue weighted by molar-refractivity contribution is 0.114. The molecule has 1 fully saturated rings. The van der Waals surface area contributed by atoms with Crippen LogP contribution in [0.4, 0.5) is 0 Å². The molecule has 2 N–H and O–H groups in total. The molecule has 1 unspecified atom stereocenters. The first-order chi connectivity index (χ1) is 10.5. The topological polar surface area (TPSA) is 45.7 Å². The van der Waals surface area contributed by atoms with Gasteiger partial charge < -0.3 is 15.4 Å². The van der Waals surface area contributed by atoms with E-state index >= 15 is 0 Å². The van der Waals surface area contributed by atoms with Crippen molar-refractivity contribution in [3.05, 3.63) is 34.9 Å². The van der Waals surface area contributed by atoms with Crippen molar-refractivity contribution in [1.29, 1.82) is 0 Å². The summed E-state index contributed by atoms with van der Waals surface area (Å²) in [4.78, 5) is 4.28. The van der Waals surface area contributed by atoms with Crippen LogP contribution >= 0.6 is 35.6 Å². The third kappa shape index (κ3) is 6.47. The monoisotopic (exact) mass is 451 g/mol. The summed E-state index contributed by atoms with van der Waals surface area (Å²) in [6.45, 7) is 6.88. The Kier molecular flexibility index (Phi) is 8.64. The quantitative estimate of drug-likeness (QED) is 0.409. The Bertz CT molecular complexity index is 499. The molecule has 0 saturated carbocycles. The van der Waals surface area contributed by atoms with Crippen LogP contribution in [-0.4, -0.2) is 38.8 Å². The number of aliphatic imine (C=N–C) groups is 1. The number of hydrogen-bond acceptors (Lipinski definition) is 2. The van der Waals surface area contributed by atoms with Gasteiger partial charge in [0, 0.05) is 37.2 Å². The third-order valence-corrected chi connectivity index (χ3v) is 4.32. The van der Waals surface area contributed by atoms with Crippen molar-refractivity contribution in [2.45, 2.75) is 38.2 Å². The van der Waals surface area contributed by atoms with Crippen LogP contribution in [0.5, 0.6) is 0 Å². The van der Waals surface area contributed by atoms with Crippen molar-refractivity contribution in [3.63, 3.8) is 0 Å². The second-order valence-electron chi connectivity index (χ2n) is 6.33. The van der Waals surface area contributed by atoms with Gasteiger partial charge in [0.05, 0.1) is 6.10 Å². The Labute approximate surface area is 161 Å². The van der Waals surface area contributed by atoms with Gasteiger partial charge in [-0.1, -0.05) is 37.6 Å². The molecule has 6 heteroatoms. The van der Waals surface area contributed by atoms with Gasteiger partial charge in [0.1, 0.15) is 0 Å². The normalized spacial score (nSPS) is 18.4. The van der Waals surface area contributed by atoms with Gasteiger partial charge >= 0.3 is 0 Å². The molecule has 0 bridgehead atoms. The zero-order valence-electron chi connectivity index (χ0n) is 14.1. The van der Waals surface area contributed by atoms with Gasteiger partial charge in [0.25, 0.3) is 0 Å². The van der Waals surface area contributed by atoms with E-state index in [0.29, 0.717) is 6.10 Å². The van der Waals surface area contributed by atoms with Crippen molar-refractivity contribution in [2.24, 2.45) is 4.99 Å². The first-order valence-corrected chi connectivity index (χ1v) is 8.21. The zero-order chi connectivity index (χ0) is 16.0. The van der Waals surface area contributed by atoms with Gasteiger partial charge in [-0.25, -0.2) is 0 Å². The summed E-state index contributed by atoms with van der Waals surface area (Å²) in [5.74, 6) is 0.817. The van der Waals surface area contributed by atoms with Gasteiger partial charge in [0.2, 0.25) is 0 Å². The number of ether oxygens (including phenoxy) is 1. The molecule has 4 nitrogen and oxygen atoms in total. The van der Waals surface area contributed by atoms with Crippen molar-refractivity contribution in [2.75, 3.05) is 26.7 Å². The van der Waals surface area contributed by atoms with E-state index in [9.17, 15) is 0 Å². The molecular formula is C17H27ClIN3O. The molecule has 1 saturated heterocycles. The third-order valence-electron chi connectivity index (χ3n) is 4.07. The SMILES string of the molecule is CN=C(NCC1CCCO1)NCC(C)(C)c1ccc(Cl)cc1.I. The second-order valence-corrected chi connectivity index (χ2v) is 6.77. The number of rotatable bonds is 5. The van der Waals surface area contributed by atoms with E-state index in [1.54, 1.807) is 7.05 Å². The van der Waals surface area contributed by atoms with E-state index < -0.39 is 0 Å². The van der Waals surface area contributed by atoms with E-state index in [2.05, 4.69) is 41.6 Å². The fraction of sp³-hybridized carbons (Fsp3) is 0.588. The Morgan fingerprint density at radius 3 is 2.57 bits per heavy atom. The predicted octanol–water partition coefficient (Wildman–Crippen LogP) is 3.58. The highest BCUT2D eigenvalue weighted by Gasteiger charge is 2.21. The molecule has 1 aliphatic heterocycles. The largest absolute Gasteiger partial charge is 0.376 e. The predicted molar refractivity (Wildman–Crippen MR) is 108 cm³/mol. The lowest BCUT2D eigenvalue weighted by Gasteiger charge is -2.27. The van der Waals surface area contributed by atoms with Crippen LogP contribution in [-0.2, 0) is 10.2 Å². The summed E-state index contributed by atoms with van der Waals surface area (Å²) in [7, 11) is 1.79. The zero-order valence-corrected chi connectivity index (χ0v) is 17.2. The van der Waals surface area contributed by atoms with Crippen LogP contribution in [0.2, 0.25) is 5.02 Å². The fourth-order valence-electron chi connectivity index (χ4n) is 2.54. The maximum Gasteiger partial charge on any atom is 0.191 e. The lowest BCUT2D eigenvalue weighted by Crippen LogP contribution is -2.45. The summed E-state index contributed by atoms with van der Waals surface area (Å²) < 4.78 is 5.62. The maximum atomic E-state index is 5.96. The molecule has 1 atom stereocenters. The molecule has 0 amide bonds. The molecule has 23 heavy (non-hydrogen) atoms. The summed E-state index contributed by atoms with van der Waals surface area (Å²) in [5, 5.41) is 7.50. The highest BCUT2D eigenvalue weighted by Crippen LogP contribution is 2.23. The van der Waals surface area contributed by atoms with Crippen molar-refractivity contribution < 1.29 is 4.74 Å². The molecule has 1 heterocycles. The number of nitrogens with one attached hydrogen (secondary N) is 2. The van der Waals surface area contributed by atoms with Gasteiger partial charge in [-0.3, -0.25) is 4.99 Å².